The van der Waals surface area contributed by atoms with Crippen LogP contribution in [0.3, 0.4) is 0 Å². The van der Waals surface area contributed by atoms with Crippen LogP contribution in [0.1, 0.15) is 24.2 Å². The summed E-state index contributed by atoms with van der Waals surface area (Å²) in [5.74, 6) is 0.662. The van der Waals surface area contributed by atoms with Gasteiger partial charge < -0.3 is 14.6 Å². The minimum atomic E-state index is -0.152. The average molecular weight is 273 g/mol. The number of amides is 1. The van der Waals surface area contributed by atoms with Crippen LogP contribution in [0.15, 0.2) is 18.2 Å². The lowest BCUT2D eigenvalue weighted by atomic mass is 10.2. The molecule has 0 atom stereocenters. The van der Waals surface area contributed by atoms with Crippen LogP contribution in [-0.4, -0.2) is 38.6 Å². The van der Waals surface area contributed by atoms with E-state index in [2.05, 4.69) is 4.98 Å². The van der Waals surface area contributed by atoms with Gasteiger partial charge in [0.2, 0.25) is 5.91 Å². The van der Waals surface area contributed by atoms with Gasteiger partial charge in [-0.25, -0.2) is 4.98 Å². The molecule has 5 heteroatoms. The molecular formula is C15H19N3O2. The number of imidazole rings is 1. The third-order valence-electron chi connectivity index (χ3n) is 3.88. The first-order valence-corrected chi connectivity index (χ1v) is 7.03. The van der Waals surface area contributed by atoms with Crippen LogP contribution in [0.2, 0.25) is 0 Å². The summed E-state index contributed by atoms with van der Waals surface area (Å²) in [5, 5.41) is 9.46. The number of hydrogen-bond donors (Lipinski definition) is 1. The van der Waals surface area contributed by atoms with E-state index in [9.17, 15) is 9.90 Å². The van der Waals surface area contributed by atoms with Gasteiger partial charge in [0.1, 0.15) is 19.0 Å². The molecule has 5 nitrogen and oxygen atoms in total. The quantitative estimate of drug-likeness (QED) is 0.921. The number of aliphatic hydroxyl groups excluding tert-OH is 1. The van der Waals surface area contributed by atoms with Crippen LogP contribution in [0, 0.1) is 6.92 Å². The molecule has 0 unspecified atom stereocenters. The van der Waals surface area contributed by atoms with Crippen molar-refractivity contribution in [1.82, 2.24) is 14.5 Å². The highest BCUT2D eigenvalue weighted by Crippen LogP contribution is 2.19. The first-order chi connectivity index (χ1) is 9.69. The van der Waals surface area contributed by atoms with Gasteiger partial charge in [0.15, 0.2) is 0 Å². The lowest BCUT2D eigenvalue weighted by Gasteiger charge is -2.16. The van der Waals surface area contributed by atoms with Gasteiger partial charge in [0, 0.05) is 13.1 Å². The number of carbonyl (C=O) groups excluding carboxylic acids is 1. The van der Waals surface area contributed by atoms with Gasteiger partial charge in [-0.3, -0.25) is 4.79 Å². The SMILES string of the molecule is Cc1ccc2c(c1)nc(CO)n2CC(=O)N1CCCC1. The van der Waals surface area contributed by atoms with Crippen LogP contribution in [0.4, 0.5) is 0 Å². The highest BCUT2D eigenvalue weighted by atomic mass is 16.3. The Bertz CT molecular complexity index is 642. The van der Waals surface area contributed by atoms with E-state index in [4.69, 9.17) is 0 Å². The minimum Gasteiger partial charge on any atom is -0.388 e. The zero-order chi connectivity index (χ0) is 14.1. The maximum atomic E-state index is 12.3. The third kappa shape index (κ3) is 2.29. The molecule has 0 spiro atoms. The molecule has 0 radical (unpaired) electrons. The predicted molar refractivity (Wildman–Crippen MR) is 76.2 cm³/mol. The maximum Gasteiger partial charge on any atom is 0.242 e. The van der Waals surface area contributed by atoms with E-state index in [0.717, 1.165) is 42.5 Å². The Morgan fingerprint density at radius 2 is 2.10 bits per heavy atom. The Kier molecular flexibility index (Phi) is 3.44. The summed E-state index contributed by atoms with van der Waals surface area (Å²) >= 11 is 0. The van der Waals surface area contributed by atoms with E-state index in [1.54, 1.807) is 0 Å². The van der Waals surface area contributed by atoms with Gasteiger partial charge in [0.05, 0.1) is 11.0 Å². The fourth-order valence-electron chi connectivity index (χ4n) is 2.79. The minimum absolute atomic E-state index is 0.108. The first kappa shape index (κ1) is 13.1. The van der Waals surface area contributed by atoms with E-state index in [0.29, 0.717) is 5.82 Å². The summed E-state index contributed by atoms with van der Waals surface area (Å²) in [5.41, 5.74) is 2.87. The molecule has 2 aromatic rings. The lowest BCUT2D eigenvalue weighted by molar-refractivity contribution is -0.130. The lowest BCUT2D eigenvalue weighted by Crippen LogP contribution is -2.31. The van der Waals surface area contributed by atoms with Crippen LogP contribution >= 0.6 is 0 Å². The zero-order valence-electron chi connectivity index (χ0n) is 11.7. The Labute approximate surface area is 117 Å². The molecule has 1 fully saturated rings. The first-order valence-electron chi connectivity index (χ1n) is 7.03. The van der Waals surface area contributed by atoms with Crippen LogP contribution in [-0.2, 0) is 17.9 Å². The molecule has 1 aromatic heterocycles. The van der Waals surface area contributed by atoms with Crippen LogP contribution in [0.25, 0.3) is 11.0 Å². The Hall–Kier alpha value is -1.88. The van der Waals surface area contributed by atoms with Crippen molar-refractivity contribution in [3.05, 3.63) is 29.6 Å². The number of aliphatic hydroxyl groups is 1. The van der Waals surface area contributed by atoms with Gasteiger partial charge in [-0.15, -0.1) is 0 Å². The van der Waals surface area contributed by atoms with Crippen molar-refractivity contribution in [3.63, 3.8) is 0 Å². The molecule has 3 rings (SSSR count). The molecule has 2 heterocycles. The highest BCUT2D eigenvalue weighted by molar-refractivity contribution is 5.81. The Morgan fingerprint density at radius 3 is 2.80 bits per heavy atom. The highest BCUT2D eigenvalue weighted by Gasteiger charge is 2.20. The summed E-state index contributed by atoms with van der Waals surface area (Å²) in [6.07, 6.45) is 2.17. The van der Waals surface area contributed by atoms with Gasteiger partial charge >= 0.3 is 0 Å². The molecule has 0 bridgehead atoms. The fourth-order valence-corrected chi connectivity index (χ4v) is 2.79. The van der Waals surface area contributed by atoms with Crippen molar-refractivity contribution in [1.29, 1.82) is 0 Å². The third-order valence-corrected chi connectivity index (χ3v) is 3.88. The molecule has 1 aliphatic rings. The van der Waals surface area contributed by atoms with Gasteiger partial charge in [0.25, 0.3) is 0 Å². The summed E-state index contributed by atoms with van der Waals surface area (Å²) < 4.78 is 1.83. The van der Waals surface area contributed by atoms with E-state index in [-0.39, 0.29) is 19.1 Å². The molecule has 1 amide bonds. The van der Waals surface area contributed by atoms with Crippen molar-refractivity contribution < 1.29 is 9.90 Å². The number of nitrogens with zero attached hydrogens (tertiary/aromatic N) is 3. The molecule has 0 saturated carbocycles. The van der Waals surface area contributed by atoms with E-state index >= 15 is 0 Å². The summed E-state index contributed by atoms with van der Waals surface area (Å²) in [6.45, 7) is 3.81. The average Bonchev–Trinajstić information content (AvgIpc) is 3.06. The topological polar surface area (TPSA) is 58.4 Å². The number of aryl methyl sites for hydroxylation is 1. The molecule has 1 aromatic carbocycles. The van der Waals surface area contributed by atoms with Gasteiger partial charge in [-0.2, -0.15) is 0 Å². The normalized spacial score (nSPS) is 15.2. The maximum absolute atomic E-state index is 12.3. The fraction of sp³-hybridized carbons (Fsp3) is 0.467. The van der Waals surface area contributed by atoms with Crippen molar-refractivity contribution in [2.24, 2.45) is 0 Å². The molecule has 106 valence electrons. The van der Waals surface area contributed by atoms with Crippen LogP contribution < -0.4 is 0 Å². The second-order valence-corrected chi connectivity index (χ2v) is 5.35. The standard InChI is InChI=1S/C15H19N3O2/c1-11-4-5-13-12(8-11)16-14(10-19)18(13)9-15(20)17-6-2-3-7-17/h4-5,8,19H,2-3,6-7,9-10H2,1H3. The number of benzene rings is 1. The smallest absolute Gasteiger partial charge is 0.242 e. The molecular weight excluding hydrogens is 254 g/mol. The van der Waals surface area contributed by atoms with Crippen molar-refractivity contribution in [2.75, 3.05) is 13.1 Å². The van der Waals surface area contributed by atoms with Gasteiger partial charge in [-0.05, 0) is 37.5 Å². The van der Waals surface area contributed by atoms with E-state index in [1.165, 1.54) is 0 Å². The molecule has 1 saturated heterocycles. The Balaban J connectivity index is 1.94. The number of likely N-dealkylation sites (tertiary alicyclic amines) is 1. The van der Waals surface area contributed by atoms with Crippen molar-refractivity contribution >= 4 is 16.9 Å². The number of hydrogen-bond acceptors (Lipinski definition) is 3. The molecule has 1 N–H and O–H groups in total. The second-order valence-electron chi connectivity index (χ2n) is 5.35. The largest absolute Gasteiger partial charge is 0.388 e. The zero-order valence-corrected chi connectivity index (χ0v) is 11.7. The number of rotatable bonds is 3. The molecule has 0 aliphatic carbocycles. The predicted octanol–water partition coefficient (Wildman–Crippen LogP) is 1.46. The number of aromatic nitrogens is 2. The summed E-state index contributed by atoms with van der Waals surface area (Å²) in [6, 6.07) is 5.95. The summed E-state index contributed by atoms with van der Waals surface area (Å²) in [7, 11) is 0. The second kappa shape index (κ2) is 5.25. The number of fused-ring (bicyclic) bond motifs is 1. The van der Waals surface area contributed by atoms with Crippen molar-refractivity contribution in [3.8, 4) is 0 Å². The van der Waals surface area contributed by atoms with Crippen LogP contribution in [0.5, 0.6) is 0 Å². The molecule has 1 aliphatic heterocycles. The Morgan fingerprint density at radius 1 is 1.35 bits per heavy atom. The monoisotopic (exact) mass is 273 g/mol. The van der Waals surface area contributed by atoms with Crippen molar-refractivity contribution in [2.45, 2.75) is 32.9 Å². The number of carbonyl (C=O) groups is 1. The van der Waals surface area contributed by atoms with E-state index < -0.39 is 0 Å². The van der Waals surface area contributed by atoms with E-state index in [1.807, 2.05) is 34.6 Å². The molecule has 20 heavy (non-hydrogen) atoms. The summed E-state index contributed by atoms with van der Waals surface area (Å²) in [4.78, 5) is 18.6. The van der Waals surface area contributed by atoms with Gasteiger partial charge in [-0.1, -0.05) is 6.07 Å².